The lowest BCUT2D eigenvalue weighted by Crippen LogP contribution is -1.97. The van der Waals surface area contributed by atoms with Gasteiger partial charge < -0.3 is 0 Å². The lowest BCUT2D eigenvalue weighted by Gasteiger charge is -2.06. The fourth-order valence-electron chi connectivity index (χ4n) is 1.53. The van der Waals surface area contributed by atoms with Crippen molar-refractivity contribution in [3.05, 3.63) is 29.1 Å². The average molecular weight is 207 g/mol. The van der Waals surface area contributed by atoms with Crippen LogP contribution in [0.1, 0.15) is 57.4 Å². The molecule has 0 atom stereocenters. The van der Waals surface area contributed by atoms with Crippen molar-refractivity contribution in [1.29, 1.82) is 0 Å². The number of rotatable bonds is 4. The summed E-state index contributed by atoms with van der Waals surface area (Å²) in [5.41, 5.74) is 4.00. The van der Waals surface area contributed by atoms with Crippen LogP contribution in [0.5, 0.6) is 0 Å². The molecular formula is C14H25N. The van der Waals surface area contributed by atoms with Crippen molar-refractivity contribution in [3.8, 4) is 0 Å². The Balaban J connectivity index is 0.000000921. The molecule has 0 saturated heterocycles. The first-order valence-corrected chi connectivity index (χ1v) is 6.22. The highest BCUT2D eigenvalue weighted by molar-refractivity contribution is 5.24. The van der Waals surface area contributed by atoms with Crippen LogP contribution in [0.15, 0.2) is 12.3 Å². The van der Waals surface area contributed by atoms with Crippen LogP contribution in [0, 0.1) is 6.92 Å². The van der Waals surface area contributed by atoms with Crippen molar-refractivity contribution in [2.75, 3.05) is 0 Å². The Kier molecular flexibility index (Phi) is 7.98. The van der Waals surface area contributed by atoms with Crippen molar-refractivity contribution < 1.29 is 0 Å². The van der Waals surface area contributed by atoms with Crippen molar-refractivity contribution in [1.82, 2.24) is 4.98 Å². The third-order valence-corrected chi connectivity index (χ3v) is 2.34. The second-order valence-electron chi connectivity index (χ2n) is 3.58. The van der Waals surface area contributed by atoms with E-state index in [1.807, 2.05) is 20.0 Å². The van der Waals surface area contributed by atoms with Gasteiger partial charge in [0, 0.05) is 11.9 Å². The van der Waals surface area contributed by atoms with Gasteiger partial charge in [-0.15, -0.1) is 0 Å². The molecule has 0 N–H and O–H groups in total. The van der Waals surface area contributed by atoms with Gasteiger partial charge in [-0.05, 0) is 37.3 Å². The van der Waals surface area contributed by atoms with Crippen LogP contribution in [0.3, 0.4) is 0 Å². The minimum Gasteiger partial charge on any atom is -0.261 e. The van der Waals surface area contributed by atoms with Crippen LogP contribution in [-0.2, 0) is 12.8 Å². The van der Waals surface area contributed by atoms with E-state index in [4.69, 9.17) is 0 Å². The van der Waals surface area contributed by atoms with Crippen molar-refractivity contribution in [2.45, 2.75) is 60.3 Å². The van der Waals surface area contributed by atoms with E-state index < -0.39 is 0 Å². The van der Waals surface area contributed by atoms with E-state index in [0.29, 0.717) is 0 Å². The summed E-state index contributed by atoms with van der Waals surface area (Å²) in [6.07, 6.45) is 6.72. The molecule has 0 unspecified atom stereocenters. The van der Waals surface area contributed by atoms with E-state index in [2.05, 4.69) is 31.8 Å². The van der Waals surface area contributed by atoms with Crippen molar-refractivity contribution in [2.24, 2.45) is 0 Å². The molecule has 0 aromatic carbocycles. The molecule has 0 spiro atoms. The molecule has 1 heteroatoms. The Morgan fingerprint density at radius 2 is 1.87 bits per heavy atom. The van der Waals surface area contributed by atoms with Crippen molar-refractivity contribution >= 4 is 0 Å². The Morgan fingerprint density at radius 1 is 1.20 bits per heavy atom. The first-order chi connectivity index (χ1) is 7.27. The van der Waals surface area contributed by atoms with Gasteiger partial charge in [0.05, 0.1) is 0 Å². The zero-order valence-electron chi connectivity index (χ0n) is 10.9. The highest BCUT2D eigenvalue weighted by atomic mass is 14.7. The van der Waals surface area contributed by atoms with Gasteiger partial charge in [-0.1, -0.05) is 40.2 Å². The van der Waals surface area contributed by atoms with Gasteiger partial charge in [-0.3, -0.25) is 4.98 Å². The first-order valence-electron chi connectivity index (χ1n) is 6.22. The standard InChI is InChI=1S/C12H19N.C2H6/c1-4-6-7-12-11(5-2)8-10(3)9-13-12;1-2/h8-9H,4-7H2,1-3H3;1-2H3. The highest BCUT2D eigenvalue weighted by Crippen LogP contribution is 2.11. The Hall–Kier alpha value is -0.850. The first kappa shape index (κ1) is 14.2. The number of aromatic nitrogens is 1. The molecule has 0 aliphatic carbocycles. The van der Waals surface area contributed by atoms with Crippen LogP contribution in [0.4, 0.5) is 0 Å². The molecule has 1 aromatic rings. The number of aryl methyl sites for hydroxylation is 3. The topological polar surface area (TPSA) is 12.9 Å². The number of unbranched alkanes of at least 4 members (excludes halogenated alkanes) is 1. The van der Waals surface area contributed by atoms with Crippen LogP contribution >= 0.6 is 0 Å². The Labute approximate surface area is 94.9 Å². The summed E-state index contributed by atoms with van der Waals surface area (Å²) in [7, 11) is 0. The molecular weight excluding hydrogens is 182 g/mol. The summed E-state index contributed by atoms with van der Waals surface area (Å²) in [6, 6.07) is 2.26. The molecule has 1 aromatic heterocycles. The number of hydrogen-bond donors (Lipinski definition) is 0. The fraction of sp³-hybridized carbons (Fsp3) is 0.643. The van der Waals surface area contributed by atoms with Crippen molar-refractivity contribution in [3.63, 3.8) is 0 Å². The smallest absolute Gasteiger partial charge is 0.0435 e. The molecule has 0 amide bonds. The summed E-state index contributed by atoms with van der Waals surface area (Å²) in [5, 5.41) is 0. The maximum Gasteiger partial charge on any atom is 0.0435 e. The van der Waals surface area contributed by atoms with E-state index in [1.54, 1.807) is 0 Å². The van der Waals surface area contributed by atoms with Crippen LogP contribution in [-0.4, -0.2) is 4.98 Å². The third kappa shape index (κ3) is 4.96. The summed E-state index contributed by atoms with van der Waals surface area (Å²) < 4.78 is 0. The zero-order valence-corrected chi connectivity index (χ0v) is 10.9. The molecule has 0 radical (unpaired) electrons. The maximum absolute atomic E-state index is 4.49. The predicted octanol–water partition coefficient (Wildman–Crippen LogP) is 4.32. The second kappa shape index (κ2) is 8.46. The summed E-state index contributed by atoms with van der Waals surface area (Å²) in [6.45, 7) is 10.5. The molecule has 0 bridgehead atoms. The van der Waals surface area contributed by atoms with Gasteiger partial charge in [0.15, 0.2) is 0 Å². The lowest BCUT2D eigenvalue weighted by atomic mass is 10.0. The number of nitrogens with zero attached hydrogens (tertiary/aromatic N) is 1. The molecule has 1 heterocycles. The van der Waals surface area contributed by atoms with Gasteiger partial charge in [-0.25, -0.2) is 0 Å². The molecule has 1 nitrogen and oxygen atoms in total. The minimum absolute atomic E-state index is 1.10. The molecule has 15 heavy (non-hydrogen) atoms. The molecule has 86 valence electrons. The van der Waals surface area contributed by atoms with Gasteiger partial charge in [-0.2, -0.15) is 0 Å². The largest absolute Gasteiger partial charge is 0.261 e. The molecule has 0 aliphatic rings. The zero-order chi connectivity index (χ0) is 11.7. The summed E-state index contributed by atoms with van der Waals surface area (Å²) in [4.78, 5) is 4.49. The monoisotopic (exact) mass is 207 g/mol. The van der Waals surface area contributed by atoms with E-state index in [1.165, 1.54) is 29.7 Å². The van der Waals surface area contributed by atoms with Gasteiger partial charge in [0.25, 0.3) is 0 Å². The van der Waals surface area contributed by atoms with E-state index >= 15 is 0 Å². The van der Waals surface area contributed by atoms with Gasteiger partial charge >= 0.3 is 0 Å². The Morgan fingerprint density at radius 3 is 2.40 bits per heavy atom. The second-order valence-corrected chi connectivity index (χ2v) is 3.58. The molecule has 0 saturated carbocycles. The lowest BCUT2D eigenvalue weighted by molar-refractivity contribution is 0.765. The summed E-state index contributed by atoms with van der Waals surface area (Å²) >= 11 is 0. The van der Waals surface area contributed by atoms with E-state index in [9.17, 15) is 0 Å². The number of hydrogen-bond acceptors (Lipinski definition) is 1. The Bertz CT molecular complexity index is 266. The van der Waals surface area contributed by atoms with Crippen LogP contribution < -0.4 is 0 Å². The highest BCUT2D eigenvalue weighted by Gasteiger charge is 2.01. The van der Waals surface area contributed by atoms with Gasteiger partial charge in [0.2, 0.25) is 0 Å². The van der Waals surface area contributed by atoms with E-state index in [-0.39, 0.29) is 0 Å². The third-order valence-electron chi connectivity index (χ3n) is 2.34. The SMILES string of the molecule is CC.CCCCc1ncc(C)cc1CC. The molecule has 1 rings (SSSR count). The minimum atomic E-state index is 1.10. The van der Waals surface area contributed by atoms with Crippen LogP contribution in [0.25, 0.3) is 0 Å². The summed E-state index contributed by atoms with van der Waals surface area (Å²) in [5.74, 6) is 0. The maximum atomic E-state index is 4.49. The van der Waals surface area contributed by atoms with Crippen LogP contribution in [0.2, 0.25) is 0 Å². The molecule has 0 fully saturated rings. The quantitative estimate of drug-likeness (QED) is 0.716. The number of pyridine rings is 1. The predicted molar refractivity (Wildman–Crippen MR) is 68.3 cm³/mol. The normalized spacial score (nSPS) is 9.40. The average Bonchev–Trinajstić information content (AvgIpc) is 2.30. The van der Waals surface area contributed by atoms with Gasteiger partial charge in [0.1, 0.15) is 0 Å². The van der Waals surface area contributed by atoms with E-state index in [0.717, 1.165) is 12.8 Å². The molecule has 0 aliphatic heterocycles. The fourth-order valence-corrected chi connectivity index (χ4v) is 1.53.